The van der Waals surface area contributed by atoms with Gasteiger partial charge in [0.15, 0.2) is 5.43 Å². The van der Waals surface area contributed by atoms with Gasteiger partial charge in [-0.3, -0.25) is 4.79 Å². The van der Waals surface area contributed by atoms with Crippen molar-refractivity contribution in [2.75, 3.05) is 13.1 Å². The fourth-order valence-corrected chi connectivity index (χ4v) is 5.06. The third-order valence-corrected chi connectivity index (χ3v) is 6.70. The number of hydrogen-bond donors (Lipinski definition) is 0. The Morgan fingerprint density at radius 1 is 1.03 bits per heavy atom. The standard InChI is InChI=1S/C26H32N4O/c1-5-11-22-20(6-2)24-25(21-12-9-10-13-23(21)26(22)31)28-30(27-24)19-16-14-18(15-17-19)29(7-3)8-4/h5-6,9-13,18-19H,2,7-8,14-17H2,1,3-4H3/b11-5-. The predicted octanol–water partition coefficient (Wildman–Crippen LogP) is 5.45. The maximum Gasteiger partial charge on any atom is 0.194 e. The Balaban J connectivity index is 1.85. The van der Waals surface area contributed by atoms with E-state index in [-0.39, 0.29) is 11.5 Å². The maximum absolute atomic E-state index is 13.3. The van der Waals surface area contributed by atoms with Crippen molar-refractivity contribution in [2.45, 2.75) is 58.5 Å². The highest BCUT2D eigenvalue weighted by atomic mass is 16.1. The van der Waals surface area contributed by atoms with Crippen molar-refractivity contribution in [3.05, 3.63) is 58.3 Å². The summed E-state index contributed by atoms with van der Waals surface area (Å²) in [6.07, 6.45) is 9.98. The van der Waals surface area contributed by atoms with Crippen LogP contribution in [0.3, 0.4) is 0 Å². The molecule has 0 radical (unpaired) electrons. The lowest BCUT2D eigenvalue weighted by molar-refractivity contribution is 0.143. The van der Waals surface area contributed by atoms with Gasteiger partial charge in [0.25, 0.3) is 0 Å². The van der Waals surface area contributed by atoms with Crippen LogP contribution in [0.25, 0.3) is 34.0 Å². The van der Waals surface area contributed by atoms with Crippen molar-refractivity contribution >= 4 is 34.0 Å². The Bertz CT molecular complexity index is 1180. The van der Waals surface area contributed by atoms with Gasteiger partial charge in [0, 0.05) is 27.9 Å². The van der Waals surface area contributed by atoms with Gasteiger partial charge >= 0.3 is 0 Å². The molecule has 0 bridgehead atoms. The number of fused-ring (bicyclic) bond motifs is 3. The first-order valence-electron chi connectivity index (χ1n) is 11.5. The van der Waals surface area contributed by atoms with Gasteiger partial charge in [0.2, 0.25) is 0 Å². The molecule has 0 saturated heterocycles. The van der Waals surface area contributed by atoms with Crippen LogP contribution >= 0.6 is 0 Å². The average Bonchev–Trinajstić information content (AvgIpc) is 3.21. The fourth-order valence-electron chi connectivity index (χ4n) is 5.06. The van der Waals surface area contributed by atoms with Crippen LogP contribution in [-0.4, -0.2) is 39.0 Å². The summed E-state index contributed by atoms with van der Waals surface area (Å²) in [5, 5.41) is 11.4. The number of rotatable bonds is 6. The van der Waals surface area contributed by atoms with Crippen molar-refractivity contribution in [2.24, 2.45) is 0 Å². The molecule has 0 atom stereocenters. The van der Waals surface area contributed by atoms with Crippen LogP contribution < -0.4 is 5.43 Å². The highest BCUT2D eigenvalue weighted by Crippen LogP contribution is 2.32. The van der Waals surface area contributed by atoms with Gasteiger partial charge in [0.1, 0.15) is 11.0 Å². The molecule has 0 spiro atoms. The van der Waals surface area contributed by atoms with Gasteiger partial charge in [-0.05, 0) is 45.7 Å². The largest absolute Gasteiger partial charge is 0.301 e. The Kier molecular flexibility index (Phi) is 6.33. The molecular formula is C26H32N4O. The first-order chi connectivity index (χ1) is 15.1. The highest BCUT2D eigenvalue weighted by Gasteiger charge is 2.27. The molecule has 1 saturated carbocycles. The Morgan fingerprint density at radius 2 is 1.68 bits per heavy atom. The van der Waals surface area contributed by atoms with Crippen LogP contribution in [-0.2, 0) is 0 Å². The molecular weight excluding hydrogens is 384 g/mol. The van der Waals surface area contributed by atoms with E-state index in [1.54, 1.807) is 6.08 Å². The molecule has 3 aromatic rings. The Labute approximate surface area is 184 Å². The van der Waals surface area contributed by atoms with Gasteiger partial charge in [0.05, 0.1) is 6.04 Å². The molecule has 31 heavy (non-hydrogen) atoms. The zero-order valence-electron chi connectivity index (χ0n) is 18.8. The number of allylic oxidation sites excluding steroid dienone is 1. The van der Waals surface area contributed by atoms with Gasteiger partial charge < -0.3 is 4.90 Å². The number of aromatic nitrogens is 3. The fraction of sp³-hybridized carbons (Fsp3) is 0.423. The minimum absolute atomic E-state index is 0.00493. The van der Waals surface area contributed by atoms with E-state index in [1.807, 2.05) is 48.1 Å². The number of hydrogen-bond acceptors (Lipinski definition) is 4. The summed E-state index contributed by atoms with van der Waals surface area (Å²) < 4.78 is 0. The normalized spacial score (nSPS) is 19.6. The second-order valence-corrected chi connectivity index (χ2v) is 8.31. The molecule has 162 valence electrons. The number of benzene rings is 1. The first-order valence-corrected chi connectivity index (χ1v) is 11.5. The molecule has 1 heterocycles. The summed E-state index contributed by atoms with van der Waals surface area (Å²) in [7, 11) is 0. The van der Waals surface area contributed by atoms with Gasteiger partial charge in [-0.1, -0.05) is 62.9 Å². The van der Waals surface area contributed by atoms with Crippen molar-refractivity contribution in [3.63, 3.8) is 0 Å². The third kappa shape index (κ3) is 3.83. The predicted molar refractivity (Wildman–Crippen MR) is 130 cm³/mol. The van der Waals surface area contributed by atoms with Crippen LogP contribution in [0.15, 0.2) is 41.7 Å². The molecule has 1 aromatic heterocycles. The van der Waals surface area contributed by atoms with Gasteiger partial charge in [-0.15, -0.1) is 0 Å². The molecule has 5 heteroatoms. The second kappa shape index (κ2) is 9.15. The SMILES string of the molecule is C=Cc1c(/C=C\C)c(=O)c2ccccc2c2nn(C3CCC(N(CC)CC)CC3)nc12. The monoisotopic (exact) mass is 416 g/mol. The minimum Gasteiger partial charge on any atom is -0.301 e. The first kappa shape index (κ1) is 21.4. The van der Waals surface area contributed by atoms with E-state index in [0.717, 1.165) is 47.9 Å². The summed E-state index contributed by atoms with van der Waals surface area (Å²) in [6, 6.07) is 8.66. The molecule has 0 amide bonds. The zero-order valence-corrected chi connectivity index (χ0v) is 18.8. The Hall–Kier alpha value is -2.79. The van der Waals surface area contributed by atoms with Crippen molar-refractivity contribution < 1.29 is 0 Å². The van der Waals surface area contributed by atoms with Crippen LogP contribution in [0, 0.1) is 0 Å². The van der Waals surface area contributed by atoms with E-state index in [1.165, 1.54) is 12.8 Å². The number of nitrogens with zero attached hydrogens (tertiary/aromatic N) is 4. The summed E-state index contributed by atoms with van der Waals surface area (Å²) >= 11 is 0. The minimum atomic E-state index is -0.00493. The lowest BCUT2D eigenvalue weighted by atomic mass is 9.90. The topological polar surface area (TPSA) is 51.0 Å². The van der Waals surface area contributed by atoms with Gasteiger partial charge in [-0.2, -0.15) is 15.0 Å². The molecule has 1 fully saturated rings. The van der Waals surface area contributed by atoms with Gasteiger partial charge in [-0.25, -0.2) is 0 Å². The summed E-state index contributed by atoms with van der Waals surface area (Å²) in [6.45, 7) is 12.6. The maximum atomic E-state index is 13.3. The van der Waals surface area contributed by atoms with Crippen LogP contribution in [0.5, 0.6) is 0 Å². The smallest absolute Gasteiger partial charge is 0.194 e. The summed E-state index contributed by atoms with van der Waals surface area (Å²) in [4.78, 5) is 17.8. The molecule has 0 N–H and O–H groups in total. The molecule has 5 nitrogen and oxygen atoms in total. The lowest BCUT2D eigenvalue weighted by Crippen LogP contribution is -2.38. The molecule has 0 unspecified atom stereocenters. The van der Waals surface area contributed by atoms with E-state index in [2.05, 4.69) is 25.3 Å². The van der Waals surface area contributed by atoms with Crippen molar-refractivity contribution in [1.82, 2.24) is 19.9 Å². The van der Waals surface area contributed by atoms with E-state index < -0.39 is 0 Å². The third-order valence-electron chi connectivity index (χ3n) is 6.70. The average molecular weight is 417 g/mol. The van der Waals surface area contributed by atoms with E-state index >= 15 is 0 Å². The highest BCUT2D eigenvalue weighted by molar-refractivity contribution is 6.06. The van der Waals surface area contributed by atoms with Crippen molar-refractivity contribution in [3.8, 4) is 0 Å². The second-order valence-electron chi connectivity index (χ2n) is 8.31. The quantitative estimate of drug-likeness (QED) is 0.536. The van der Waals surface area contributed by atoms with Crippen LogP contribution in [0.1, 0.15) is 63.6 Å². The van der Waals surface area contributed by atoms with E-state index in [9.17, 15) is 4.79 Å². The Morgan fingerprint density at radius 3 is 2.29 bits per heavy atom. The van der Waals surface area contributed by atoms with E-state index in [4.69, 9.17) is 10.2 Å². The molecule has 1 aliphatic carbocycles. The molecule has 1 aliphatic rings. The zero-order chi connectivity index (χ0) is 22.0. The molecule has 0 aliphatic heterocycles. The van der Waals surface area contributed by atoms with E-state index in [0.29, 0.717) is 17.0 Å². The molecule has 4 rings (SSSR count). The van der Waals surface area contributed by atoms with Crippen LogP contribution in [0.2, 0.25) is 0 Å². The summed E-state index contributed by atoms with van der Waals surface area (Å²) in [5.74, 6) is 0. The van der Waals surface area contributed by atoms with Crippen molar-refractivity contribution in [1.29, 1.82) is 0 Å². The lowest BCUT2D eigenvalue weighted by Gasteiger charge is -2.35. The molecule has 2 aromatic carbocycles. The summed E-state index contributed by atoms with van der Waals surface area (Å²) in [5.41, 5.74) is 2.92. The van der Waals surface area contributed by atoms with Crippen LogP contribution in [0.4, 0.5) is 0 Å².